The number of anilines is 1. The molecule has 1 unspecified atom stereocenters. The first-order valence-electron chi connectivity index (χ1n) is 8.04. The van der Waals surface area contributed by atoms with Crippen molar-refractivity contribution < 1.29 is 38.9 Å². The normalized spacial score (nSPS) is 16.7. The minimum Gasteiger partial charge on any atom is -0.481 e. The van der Waals surface area contributed by atoms with Crippen molar-refractivity contribution >= 4 is 29.6 Å². The molecular weight excluding hydrogens is 358 g/mol. The monoisotopic (exact) mass is 377 g/mol. The van der Waals surface area contributed by atoms with Crippen molar-refractivity contribution in [1.29, 1.82) is 0 Å². The number of ether oxygens (including phenoxy) is 2. The number of aliphatic carboxylic acids is 2. The van der Waals surface area contributed by atoms with Gasteiger partial charge in [0.25, 0.3) is 5.79 Å². The summed E-state index contributed by atoms with van der Waals surface area (Å²) < 4.78 is 9.94. The molecule has 1 aliphatic rings. The molecule has 3 N–H and O–H groups in total. The molecule has 0 aliphatic carbocycles. The average molecular weight is 377 g/mol. The van der Waals surface area contributed by atoms with Gasteiger partial charge in [0.05, 0.1) is 12.3 Å². The zero-order valence-electron chi connectivity index (χ0n) is 14.7. The van der Waals surface area contributed by atoms with Crippen LogP contribution in [0.2, 0.25) is 0 Å². The summed E-state index contributed by atoms with van der Waals surface area (Å²) in [6.45, 7) is 2.89. The zero-order chi connectivity index (χ0) is 20.2. The molecule has 1 atom stereocenters. The second-order valence-electron chi connectivity index (χ2n) is 6.42. The van der Waals surface area contributed by atoms with E-state index in [2.05, 4.69) is 5.32 Å². The van der Waals surface area contributed by atoms with Crippen molar-refractivity contribution in [2.45, 2.75) is 32.5 Å². The number of benzene rings is 1. The first kappa shape index (κ1) is 20.0. The SMILES string of the molecule is CC1(C)OC(=O)C(=CNc2ccc(CC(CC(=O)O)C(=O)O)cc2)C(=O)O1. The van der Waals surface area contributed by atoms with Gasteiger partial charge in [0.1, 0.15) is 0 Å². The van der Waals surface area contributed by atoms with Crippen molar-refractivity contribution in [3.63, 3.8) is 0 Å². The molecule has 1 aromatic carbocycles. The number of carbonyl (C=O) groups is 4. The minimum absolute atomic E-state index is 0.0662. The van der Waals surface area contributed by atoms with Crippen LogP contribution in [0.15, 0.2) is 36.0 Å². The number of esters is 2. The molecule has 0 bridgehead atoms. The summed E-state index contributed by atoms with van der Waals surface area (Å²) in [4.78, 5) is 45.5. The number of carbonyl (C=O) groups excluding carboxylic acids is 2. The fourth-order valence-electron chi connectivity index (χ4n) is 2.41. The number of rotatable bonds is 7. The van der Waals surface area contributed by atoms with Gasteiger partial charge in [-0.2, -0.15) is 0 Å². The van der Waals surface area contributed by atoms with Gasteiger partial charge in [0.15, 0.2) is 5.57 Å². The fourth-order valence-corrected chi connectivity index (χ4v) is 2.41. The van der Waals surface area contributed by atoms with E-state index in [0.29, 0.717) is 11.3 Å². The van der Waals surface area contributed by atoms with E-state index in [1.54, 1.807) is 24.3 Å². The van der Waals surface area contributed by atoms with Gasteiger partial charge in [-0.05, 0) is 24.1 Å². The third-order valence-electron chi connectivity index (χ3n) is 3.71. The van der Waals surface area contributed by atoms with E-state index in [4.69, 9.17) is 19.7 Å². The Morgan fingerprint density at radius 2 is 1.67 bits per heavy atom. The highest BCUT2D eigenvalue weighted by Gasteiger charge is 2.38. The molecule has 2 rings (SSSR count). The molecule has 0 spiro atoms. The Hall–Kier alpha value is -3.36. The molecule has 1 fully saturated rings. The number of nitrogens with one attached hydrogen (secondary N) is 1. The highest BCUT2D eigenvalue weighted by molar-refractivity contribution is 6.15. The lowest BCUT2D eigenvalue weighted by atomic mass is 9.96. The van der Waals surface area contributed by atoms with E-state index in [0.717, 1.165) is 0 Å². The van der Waals surface area contributed by atoms with Gasteiger partial charge in [0.2, 0.25) is 0 Å². The van der Waals surface area contributed by atoms with Crippen molar-refractivity contribution in [2.75, 3.05) is 5.32 Å². The lowest BCUT2D eigenvalue weighted by molar-refractivity contribution is -0.222. The Kier molecular flexibility index (Phi) is 5.84. The van der Waals surface area contributed by atoms with Gasteiger partial charge in [-0.25, -0.2) is 9.59 Å². The molecule has 1 aliphatic heterocycles. The number of hydrogen-bond donors (Lipinski definition) is 3. The standard InChI is InChI=1S/C18H19NO8/c1-18(2)26-16(24)13(17(25)27-18)9-19-12-5-3-10(4-6-12)7-11(15(22)23)8-14(20)21/h3-6,9,11,19H,7-8H2,1-2H3,(H,20,21)(H,22,23). The molecular formula is C18H19NO8. The first-order valence-corrected chi connectivity index (χ1v) is 8.04. The van der Waals surface area contributed by atoms with Crippen molar-refractivity contribution in [2.24, 2.45) is 5.92 Å². The molecule has 0 radical (unpaired) electrons. The minimum atomic E-state index is -1.32. The number of hydrogen-bond acceptors (Lipinski definition) is 7. The molecule has 9 nitrogen and oxygen atoms in total. The Balaban J connectivity index is 2.03. The van der Waals surface area contributed by atoms with E-state index in [1.165, 1.54) is 20.0 Å². The molecule has 0 saturated carbocycles. The Morgan fingerprint density at radius 1 is 1.11 bits per heavy atom. The maximum absolute atomic E-state index is 11.8. The number of carboxylic acid groups (broad SMARTS) is 2. The highest BCUT2D eigenvalue weighted by atomic mass is 16.7. The Bertz CT molecular complexity index is 772. The summed E-state index contributed by atoms with van der Waals surface area (Å²) in [5, 5.41) is 20.6. The van der Waals surface area contributed by atoms with Crippen LogP contribution in [0.5, 0.6) is 0 Å². The third-order valence-corrected chi connectivity index (χ3v) is 3.71. The lowest BCUT2D eigenvalue weighted by Crippen LogP contribution is -2.42. The van der Waals surface area contributed by atoms with Crippen molar-refractivity contribution in [3.05, 3.63) is 41.6 Å². The summed E-state index contributed by atoms with van der Waals surface area (Å²) in [6, 6.07) is 6.46. The number of carboxylic acids is 2. The lowest BCUT2D eigenvalue weighted by Gasteiger charge is -2.29. The van der Waals surface area contributed by atoms with Gasteiger partial charge < -0.3 is 25.0 Å². The fraction of sp³-hybridized carbons (Fsp3) is 0.333. The summed E-state index contributed by atoms with van der Waals surface area (Å²) in [5.41, 5.74) is 0.882. The summed E-state index contributed by atoms with van der Waals surface area (Å²) >= 11 is 0. The van der Waals surface area contributed by atoms with Crippen LogP contribution in [0, 0.1) is 5.92 Å². The van der Waals surface area contributed by atoms with Gasteiger partial charge in [0, 0.05) is 25.7 Å². The molecule has 1 saturated heterocycles. The third kappa shape index (κ3) is 5.56. The Labute approximate surface area is 154 Å². The topological polar surface area (TPSA) is 139 Å². The molecule has 1 aromatic rings. The second kappa shape index (κ2) is 7.90. The van der Waals surface area contributed by atoms with Crippen LogP contribution in [0.25, 0.3) is 0 Å². The van der Waals surface area contributed by atoms with Crippen LogP contribution in [-0.2, 0) is 35.1 Å². The predicted octanol–water partition coefficient (Wildman–Crippen LogP) is 1.54. The van der Waals surface area contributed by atoms with E-state index in [-0.39, 0.29) is 12.0 Å². The smallest absolute Gasteiger partial charge is 0.350 e. The van der Waals surface area contributed by atoms with Gasteiger partial charge in [-0.3, -0.25) is 9.59 Å². The zero-order valence-corrected chi connectivity index (χ0v) is 14.7. The quantitative estimate of drug-likeness (QED) is 0.367. The van der Waals surface area contributed by atoms with Crippen molar-refractivity contribution in [1.82, 2.24) is 0 Å². The second-order valence-corrected chi connectivity index (χ2v) is 6.42. The van der Waals surface area contributed by atoms with Gasteiger partial charge in [-0.1, -0.05) is 12.1 Å². The number of cyclic esters (lactones) is 2. The van der Waals surface area contributed by atoms with Crippen LogP contribution in [0.3, 0.4) is 0 Å². The predicted molar refractivity (Wildman–Crippen MR) is 91.5 cm³/mol. The Morgan fingerprint density at radius 3 is 2.15 bits per heavy atom. The highest BCUT2D eigenvalue weighted by Crippen LogP contribution is 2.23. The van der Waals surface area contributed by atoms with E-state index in [1.807, 2.05) is 0 Å². The molecule has 1 heterocycles. The molecule has 9 heteroatoms. The van der Waals surface area contributed by atoms with E-state index >= 15 is 0 Å². The van der Waals surface area contributed by atoms with Crippen LogP contribution in [0.4, 0.5) is 5.69 Å². The van der Waals surface area contributed by atoms with Crippen molar-refractivity contribution in [3.8, 4) is 0 Å². The summed E-state index contributed by atoms with van der Waals surface area (Å²) in [7, 11) is 0. The largest absolute Gasteiger partial charge is 0.481 e. The maximum Gasteiger partial charge on any atom is 0.350 e. The molecule has 0 aromatic heterocycles. The summed E-state index contributed by atoms with van der Waals surface area (Å²) in [5.74, 6) is -6.32. The first-order chi connectivity index (χ1) is 12.6. The summed E-state index contributed by atoms with van der Waals surface area (Å²) in [6.07, 6.45) is 0.762. The average Bonchev–Trinajstić information content (AvgIpc) is 2.53. The van der Waals surface area contributed by atoms with Gasteiger partial charge in [-0.15, -0.1) is 0 Å². The van der Waals surface area contributed by atoms with Crippen LogP contribution in [-0.4, -0.2) is 39.9 Å². The molecule has 0 amide bonds. The van der Waals surface area contributed by atoms with Crippen LogP contribution in [0.1, 0.15) is 25.8 Å². The molecule has 27 heavy (non-hydrogen) atoms. The van der Waals surface area contributed by atoms with E-state index < -0.39 is 42.0 Å². The van der Waals surface area contributed by atoms with Crippen LogP contribution >= 0.6 is 0 Å². The maximum atomic E-state index is 11.8. The molecule has 144 valence electrons. The van der Waals surface area contributed by atoms with Crippen LogP contribution < -0.4 is 5.32 Å². The van der Waals surface area contributed by atoms with E-state index in [9.17, 15) is 19.2 Å². The van der Waals surface area contributed by atoms with Gasteiger partial charge >= 0.3 is 23.9 Å².